The molecule has 0 saturated heterocycles. The van der Waals surface area contributed by atoms with Crippen LogP contribution >= 0.6 is 0 Å². The summed E-state index contributed by atoms with van der Waals surface area (Å²) in [6.07, 6.45) is 3.75. The first-order valence-corrected chi connectivity index (χ1v) is 5.74. The van der Waals surface area contributed by atoms with Crippen LogP contribution in [0.5, 0.6) is 5.75 Å². The van der Waals surface area contributed by atoms with Crippen LogP contribution in [0.25, 0.3) is 0 Å². The van der Waals surface area contributed by atoms with Crippen LogP contribution in [-0.4, -0.2) is 19.2 Å². The molecule has 2 nitrogen and oxygen atoms in total. The second-order valence-electron chi connectivity index (χ2n) is 4.20. The molecule has 2 rings (SSSR count). The second kappa shape index (κ2) is 4.67. The Morgan fingerprint density at radius 2 is 2.20 bits per heavy atom. The molecule has 1 aromatic rings. The summed E-state index contributed by atoms with van der Waals surface area (Å²) in [6.45, 7) is 2.17. The first-order chi connectivity index (χ1) is 7.31. The van der Waals surface area contributed by atoms with E-state index >= 15 is 0 Å². The minimum absolute atomic E-state index is 0.412. The summed E-state index contributed by atoms with van der Waals surface area (Å²) < 4.78 is 5.88. The molecule has 82 valence electrons. The van der Waals surface area contributed by atoms with Gasteiger partial charge in [-0.15, -0.1) is 0 Å². The zero-order valence-corrected chi connectivity index (χ0v) is 9.49. The minimum Gasteiger partial charge on any atom is -0.490 e. The summed E-state index contributed by atoms with van der Waals surface area (Å²) in [7, 11) is 2.01. The molecule has 1 fully saturated rings. The molecule has 15 heavy (non-hydrogen) atoms. The maximum absolute atomic E-state index is 5.88. The molecule has 0 aromatic heterocycles. The number of nitrogens with one attached hydrogen (secondary N) is 1. The summed E-state index contributed by atoms with van der Waals surface area (Å²) >= 11 is 0. The molecule has 0 aliphatic heterocycles. The van der Waals surface area contributed by atoms with Crippen LogP contribution in [0.4, 0.5) is 0 Å². The predicted octanol–water partition coefficient (Wildman–Crippen LogP) is 2.38. The van der Waals surface area contributed by atoms with E-state index in [-0.39, 0.29) is 0 Å². The fourth-order valence-electron chi connectivity index (χ4n) is 1.93. The molecule has 1 aromatic carbocycles. The van der Waals surface area contributed by atoms with Crippen LogP contribution in [-0.2, 0) is 6.42 Å². The van der Waals surface area contributed by atoms with Crippen LogP contribution in [0.15, 0.2) is 24.3 Å². The summed E-state index contributed by atoms with van der Waals surface area (Å²) in [4.78, 5) is 0. The van der Waals surface area contributed by atoms with E-state index in [1.165, 1.54) is 5.56 Å². The van der Waals surface area contributed by atoms with E-state index in [1.807, 2.05) is 13.1 Å². The molecular formula is C13H19NO. The maximum atomic E-state index is 5.88. The van der Waals surface area contributed by atoms with E-state index in [0.717, 1.165) is 25.0 Å². The van der Waals surface area contributed by atoms with Crippen molar-refractivity contribution in [3.05, 3.63) is 29.8 Å². The van der Waals surface area contributed by atoms with E-state index in [4.69, 9.17) is 4.74 Å². The molecule has 1 N–H and O–H groups in total. The highest BCUT2D eigenvalue weighted by Gasteiger charge is 2.29. The Hall–Kier alpha value is -1.02. The van der Waals surface area contributed by atoms with Crippen molar-refractivity contribution in [3.8, 4) is 5.75 Å². The molecule has 1 aliphatic rings. The van der Waals surface area contributed by atoms with Gasteiger partial charge in [0.25, 0.3) is 0 Å². The fraction of sp³-hybridized carbons (Fsp3) is 0.538. The number of aryl methyl sites for hydroxylation is 1. The standard InChI is InChI=1S/C13H19NO/c1-3-10-5-4-6-12(7-10)15-13-8-11(9-13)14-2/h4-7,11,13-14H,3,8-9H2,1-2H3. The van der Waals surface area contributed by atoms with Crippen molar-refractivity contribution in [1.82, 2.24) is 5.32 Å². The number of benzene rings is 1. The van der Waals surface area contributed by atoms with Crippen LogP contribution in [0.2, 0.25) is 0 Å². The Morgan fingerprint density at radius 1 is 1.40 bits per heavy atom. The van der Waals surface area contributed by atoms with E-state index in [2.05, 4.69) is 30.4 Å². The van der Waals surface area contributed by atoms with Crippen molar-refractivity contribution in [2.45, 2.75) is 38.3 Å². The van der Waals surface area contributed by atoms with Gasteiger partial charge in [-0.2, -0.15) is 0 Å². The van der Waals surface area contributed by atoms with Gasteiger partial charge in [0.1, 0.15) is 11.9 Å². The zero-order valence-electron chi connectivity index (χ0n) is 9.49. The van der Waals surface area contributed by atoms with Crippen molar-refractivity contribution < 1.29 is 4.74 Å². The lowest BCUT2D eigenvalue weighted by Gasteiger charge is -2.35. The molecule has 0 heterocycles. The molecule has 1 saturated carbocycles. The summed E-state index contributed by atoms with van der Waals surface area (Å²) in [5, 5.41) is 3.26. The van der Waals surface area contributed by atoms with Crippen LogP contribution in [0.1, 0.15) is 25.3 Å². The van der Waals surface area contributed by atoms with Crippen LogP contribution < -0.4 is 10.1 Å². The number of ether oxygens (including phenoxy) is 1. The highest BCUT2D eigenvalue weighted by atomic mass is 16.5. The Bertz CT molecular complexity index is 318. The van der Waals surface area contributed by atoms with Gasteiger partial charge in [0.15, 0.2) is 0 Å². The molecule has 1 aliphatic carbocycles. The van der Waals surface area contributed by atoms with Crippen LogP contribution in [0.3, 0.4) is 0 Å². The Morgan fingerprint density at radius 3 is 2.87 bits per heavy atom. The Kier molecular flexibility index (Phi) is 3.27. The third-order valence-electron chi connectivity index (χ3n) is 3.11. The fourth-order valence-corrected chi connectivity index (χ4v) is 1.93. The van der Waals surface area contributed by atoms with Gasteiger partial charge in [-0.25, -0.2) is 0 Å². The quantitative estimate of drug-likeness (QED) is 0.815. The van der Waals surface area contributed by atoms with Crippen LogP contribution in [0, 0.1) is 0 Å². The lowest BCUT2D eigenvalue weighted by molar-refractivity contribution is 0.0884. The van der Waals surface area contributed by atoms with E-state index in [0.29, 0.717) is 12.1 Å². The van der Waals surface area contributed by atoms with Gasteiger partial charge in [-0.3, -0.25) is 0 Å². The topological polar surface area (TPSA) is 21.3 Å². The van der Waals surface area contributed by atoms with E-state index in [9.17, 15) is 0 Å². The molecule has 0 unspecified atom stereocenters. The highest BCUT2D eigenvalue weighted by Crippen LogP contribution is 2.26. The molecule has 0 spiro atoms. The monoisotopic (exact) mass is 205 g/mol. The predicted molar refractivity (Wildman–Crippen MR) is 62.3 cm³/mol. The van der Waals surface area contributed by atoms with E-state index < -0.39 is 0 Å². The average Bonchev–Trinajstić information content (AvgIpc) is 2.23. The van der Waals surface area contributed by atoms with Crippen molar-refractivity contribution in [3.63, 3.8) is 0 Å². The van der Waals surface area contributed by atoms with Gasteiger partial charge in [0, 0.05) is 6.04 Å². The lowest BCUT2D eigenvalue weighted by atomic mass is 9.89. The molecule has 0 amide bonds. The van der Waals surface area contributed by atoms with Crippen molar-refractivity contribution in [2.75, 3.05) is 7.05 Å². The van der Waals surface area contributed by atoms with Gasteiger partial charge in [-0.1, -0.05) is 19.1 Å². The zero-order chi connectivity index (χ0) is 10.7. The molecule has 0 atom stereocenters. The summed E-state index contributed by atoms with van der Waals surface area (Å²) in [5.41, 5.74) is 1.34. The third-order valence-corrected chi connectivity index (χ3v) is 3.11. The molecule has 2 heteroatoms. The molecule has 0 radical (unpaired) electrons. The highest BCUT2D eigenvalue weighted by molar-refractivity contribution is 5.28. The van der Waals surface area contributed by atoms with Gasteiger partial charge in [-0.05, 0) is 44.0 Å². The van der Waals surface area contributed by atoms with E-state index in [1.54, 1.807) is 0 Å². The van der Waals surface area contributed by atoms with Crippen molar-refractivity contribution in [2.24, 2.45) is 0 Å². The van der Waals surface area contributed by atoms with Gasteiger partial charge in [0.2, 0.25) is 0 Å². The van der Waals surface area contributed by atoms with Gasteiger partial charge < -0.3 is 10.1 Å². The normalized spacial score (nSPS) is 24.7. The first kappa shape index (κ1) is 10.5. The summed E-state index contributed by atoms with van der Waals surface area (Å²) in [5.74, 6) is 1.02. The largest absolute Gasteiger partial charge is 0.490 e. The number of rotatable bonds is 4. The number of hydrogen-bond donors (Lipinski definition) is 1. The van der Waals surface area contributed by atoms with Gasteiger partial charge >= 0.3 is 0 Å². The SMILES string of the molecule is CCc1cccc(OC2CC(NC)C2)c1. The van der Waals surface area contributed by atoms with Gasteiger partial charge in [0.05, 0.1) is 0 Å². The second-order valence-corrected chi connectivity index (χ2v) is 4.20. The first-order valence-electron chi connectivity index (χ1n) is 5.74. The van der Waals surface area contributed by atoms with Crippen molar-refractivity contribution >= 4 is 0 Å². The Labute approximate surface area is 91.6 Å². The number of hydrogen-bond acceptors (Lipinski definition) is 2. The molecular weight excluding hydrogens is 186 g/mol. The smallest absolute Gasteiger partial charge is 0.119 e. The van der Waals surface area contributed by atoms with Crippen molar-refractivity contribution in [1.29, 1.82) is 0 Å². The summed E-state index contributed by atoms with van der Waals surface area (Å²) in [6, 6.07) is 9.06. The Balaban J connectivity index is 1.88. The third kappa shape index (κ3) is 2.51. The average molecular weight is 205 g/mol. The molecule has 0 bridgehead atoms. The maximum Gasteiger partial charge on any atom is 0.119 e. The lowest BCUT2D eigenvalue weighted by Crippen LogP contribution is -2.45. The minimum atomic E-state index is 0.412.